The Morgan fingerprint density at radius 2 is 2.09 bits per heavy atom. The van der Waals surface area contributed by atoms with Gasteiger partial charge in [0.15, 0.2) is 0 Å². The predicted octanol–water partition coefficient (Wildman–Crippen LogP) is 3.48. The van der Waals surface area contributed by atoms with Crippen molar-refractivity contribution in [2.45, 2.75) is 53.0 Å². The van der Waals surface area contributed by atoms with Crippen molar-refractivity contribution in [1.29, 1.82) is 0 Å². The van der Waals surface area contributed by atoms with Gasteiger partial charge in [0, 0.05) is 24.7 Å². The smallest absolute Gasteiger partial charge is 0.265 e. The maximum atomic E-state index is 12.8. The summed E-state index contributed by atoms with van der Waals surface area (Å²) in [5.41, 5.74) is 3.06. The van der Waals surface area contributed by atoms with Gasteiger partial charge in [0.25, 0.3) is 5.91 Å². The van der Waals surface area contributed by atoms with E-state index in [1.165, 1.54) is 0 Å². The first kappa shape index (κ1) is 16.2. The number of hydrogen-bond donors (Lipinski definition) is 0. The highest BCUT2D eigenvalue weighted by atomic mass is 32.1. The average molecular weight is 332 g/mol. The third-order valence-electron chi connectivity index (χ3n) is 4.34. The maximum absolute atomic E-state index is 12.8. The second kappa shape index (κ2) is 6.07. The molecule has 1 amide bonds. The van der Waals surface area contributed by atoms with E-state index in [0.29, 0.717) is 5.92 Å². The molecule has 0 radical (unpaired) electrons. The van der Waals surface area contributed by atoms with Gasteiger partial charge in [-0.05, 0) is 33.3 Å². The van der Waals surface area contributed by atoms with Gasteiger partial charge in [-0.1, -0.05) is 13.8 Å². The molecule has 0 N–H and O–H groups in total. The quantitative estimate of drug-likeness (QED) is 0.865. The van der Waals surface area contributed by atoms with Crippen LogP contribution < -0.4 is 0 Å². The van der Waals surface area contributed by atoms with Gasteiger partial charge >= 0.3 is 0 Å². The number of thiazole rings is 1. The van der Waals surface area contributed by atoms with Crippen LogP contribution in [0.3, 0.4) is 0 Å². The van der Waals surface area contributed by atoms with Gasteiger partial charge in [0.2, 0.25) is 0 Å². The lowest BCUT2D eigenvalue weighted by Gasteiger charge is -2.17. The molecule has 0 spiro atoms. The van der Waals surface area contributed by atoms with E-state index in [9.17, 15) is 4.79 Å². The van der Waals surface area contributed by atoms with Crippen molar-refractivity contribution in [1.82, 2.24) is 19.7 Å². The molecule has 1 aliphatic heterocycles. The van der Waals surface area contributed by atoms with Crippen molar-refractivity contribution < 1.29 is 4.79 Å². The van der Waals surface area contributed by atoms with Crippen molar-refractivity contribution in [3.8, 4) is 0 Å². The van der Waals surface area contributed by atoms with Crippen LogP contribution in [-0.2, 0) is 0 Å². The maximum Gasteiger partial charge on any atom is 0.265 e. The van der Waals surface area contributed by atoms with Crippen LogP contribution in [0.4, 0.5) is 0 Å². The zero-order valence-electron chi connectivity index (χ0n) is 14.5. The Kier molecular flexibility index (Phi) is 4.27. The molecule has 0 aliphatic carbocycles. The molecule has 0 saturated carbocycles. The first-order valence-corrected chi connectivity index (χ1v) is 8.97. The number of amides is 1. The van der Waals surface area contributed by atoms with Crippen molar-refractivity contribution in [2.75, 3.05) is 13.1 Å². The molecular formula is C17H24N4OS. The molecule has 23 heavy (non-hydrogen) atoms. The topological polar surface area (TPSA) is 51.0 Å². The minimum absolute atomic E-state index is 0.121. The van der Waals surface area contributed by atoms with E-state index in [-0.39, 0.29) is 11.9 Å². The first-order valence-electron chi connectivity index (χ1n) is 8.16. The molecule has 0 unspecified atom stereocenters. The monoisotopic (exact) mass is 332 g/mol. The Bertz CT molecular complexity index is 731. The van der Waals surface area contributed by atoms with E-state index in [4.69, 9.17) is 0 Å². The largest absolute Gasteiger partial charge is 0.336 e. The summed E-state index contributed by atoms with van der Waals surface area (Å²) < 4.78 is 2.07. The van der Waals surface area contributed by atoms with Crippen LogP contribution in [0.2, 0.25) is 0 Å². The number of aromatic nitrogens is 3. The standard InChI is InChI=1S/C17H24N4OS/c1-10(2)16-18-13(5)15(23-16)17(22)20-7-6-14(9-20)21-12(4)8-11(3)19-21/h8,10,14H,6-7,9H2,1-5H3/t14-/m1/s1. The molecule has 6 heteroatoms. The molecule has 0 bridgehead atoms. The molecule has 1 atom stereocenters. The molecular weight excluding hydrogens is 308 g/mol. The minimum Gasteiger partial charge on any atom is -0.336 e. The van der Waals surface area contributed by atoms with Crippen LogP contribution >= 0.6 is 11.3 Å². The molecule has 0 aromatic carbocycles. The number of aryl methyl sites for hydroxylation is 3. The molecule has 1 fully saturated rings. The molecule has 3 heterocycles. The number of rotatable bonds is 3. The highest BCUT2D eigenvalue weighted by Gasteiger charge is 2.31. The Balaban J connectivity index is 1.76. The summed E-state index contributed by atoms with van der Waals surface area (Å²) in [7, 11) is 0. The Hall–Kier alpha value is -1.69. The van der Waals surface area contributed by atoms with Crippen LogP contribution in [-0.4, -0.2) is 38.7 Å². The summed E-state index contributed by atoms with van der Waals surface area (Å²) in [6, 6.07) is 2.37. The van der Waals surface area contributed by atoms with E-state index in [2.05, 4.69) is 41.6 Å². The van der Waals surface area contributed by atoms with Gasteiger partial charge in [0.1, 0.15) is 4.88 Å². The SMILES string of the molecule is Cc1cc(C)n([C@@H]2CCN(C(=O)c3sc(C(C)C)nc3C)C2)n1. The number of nitrogens with zero attached hydrogens (tertiary/aromatic N) is 4. The van der Waals surface area contributed by atoms with E-state index in [1.807, 2.05) is 18.7 Å². The van der Waals surface area contributed by atoms with Crippen LogP contribution in [0.25, 0.3) is 0 Å². The zero-order valence-corrected chi connectivity index (χ0v) is 15.3. The number of carbonyl (C=O) groups is 1. The summed E-state index contributed by atoms with van der Waals surface area (Å²) in [5, 5.41) is 5.61. The summed E-state index contributed by atoms with van der Waals surface area (Å²) in [6.45, 7) is 11.8. The summed E-state index contributed by atoms with van der Waals surface area (Å²) in [6.07, 6.45) is 0.961. The Labute approximate surface area is 141 Å². The zero-order chi connectivity index (χ0) is 16.7. The van der Waals surface area contributed by atoms with Crippen molar-refractivity contribution >= 4 is 17.2 Å². The summed E-state index contributed by atoms with van der Waals surface area (Å²) in [5.74, 6) is 0.484. The highest BCUT2D eigenvalue weighted by molar-refractivity contribution is 7.13. The second-order valence-electron chi connectivity index (χ2n) is 6.69. The highest BCUT2D eigenvalue weighted by Crippen LogP contribution is 2.29. The van der Waals surface area contributed by atoms with Crippen LogP contribution in [0.1, 0.15) is 64.0 Å². The third-order valence-corrected chi connectivity index (χ3v) is 5.79. The fourth-order valence-electron chi connectivity index (χ4n) is 3.15. The number of likely N-dealkylation sites (tertiary alicyclic amines) is 1. The predicted molar refractivity (Wildman–Crippen MR) is 92.2 cm³/mol. The molecule has 3 rings (SSSR count). The normalized spacial score (nSPS) is 18.2. The van der Waals surface area contributed by atoms with Crippen molar-refractivity contribution in [3.63, 3.8) is 0 Å². The second-order valence-corrected chi connectivity index (χ2v) is 7.72. The van der Waals surface area contributed by atoms with Crippen molar-refractivity contribution in [2.24, 2.45) is 0 Å². The summed E-state index contributed by atoms with van der Waals surface area (Å²) in [4.78, 5) is 20.1. The van der Waals surface area contributed by atoms with Gasteiger partial charge in [-0.2, -0.15) is 5.10 Å². The average Bonchev–Trinajstić information content (AvgIpc) is 3.16. The van der Waals surface area contributed by atoms with Gasteiger partial charge in [-0.3, -0.25) is 9.48 Å². The van der Waals surface area contributed by atoms with Gasteiger partial charge in [-0.25, -0.2) is 4.98 Å². The lowest BCUT2D eigenvalue weighted by molar-refractivity contribution is 0.0790. The first-order chi connectivity index (χ1) is 10.9. The van der Waals surface area contributed by atoms with Gasteiger partial charge in [0.05, 0.1) is 22.4 Å². The molecule has 2 aromatic heterocycles. The van der Waals surface area contributed by atoms with Gasteiger partial charge < -0.3 is 4.90 Å². The van der Waals surface area contributed by atoms with E-state index >= 15 is 0 Å². The van der Waals surface area contributed by atoms with E-state index < -0.39 is 0 Å². The lowest BCUT2D eigenvalue weighted by atomic mass is 10.2. The van der Waals surface area contributed by atoms with Crippen LogP contribution in [0.15, 0.2) is 6.07 Å². The van der Waals surface area contributed by atoms with Crippen LogP contribution in [0, 0.1) is 20.8 Å². The Morgan fingerprint density at radius 3 is 2.65 bits per heavy atom. The Morgan fingerprint density at radius 1 is 1.35 bits per heavy atom. The number of hydrogen-bond acceptors (Lipinski definition) is 4. The fraction of sp³-hybridized carbons (Fsp3) is 0.588. The van der Waals surface area contributed by atoms with Gasteiger partial charge in [-0.15, -0.1) is 11.3 Å². The van der Waals surface area contributed by atoms with E-state index in [1.54, 1.807) is 11.3 Å². The van der Waals surface area contributed by atoms with Crippen molar-refractivity contribution in [3.05, 3.63) is 33.0 Å². The molecule has 1 aliphatic rings. The fourth-order valence-corrected chi connectivity index (χ4v) is 4.19. The molecule has 2 aromatic rings. The molecule has 5 nitrogen and oxygen atoms in total. The van der Waals surface area contributed by atoms with Crippen LogP contribution in [0.5, 0.6) is 0 Å². The van der Waals surface area contributed by atoms with E-state index in [0.717, 1.165) is 46.5 Å². The molecule has 124 valence electrons. The number of carbonyl (C=O) groups excluding carboxylic acids is 1. The molecule has 1 saturated heterocycles. The summed E-state index contributed by atoms with van der Waals surface area (Å²) >= 11 is 1.54. The minimum atomic E-state index is 0.121. The third kappa shape index (κ3) is 3.04. The lowest BCUT2D eigenvalue weighted by Crippen LogP contribution is -2.29.